The Bertz CT molecular complexity index is 314. The second kappa shape index (κ2) is 2.86. The maximum Gasteiger partial charge on any atom is 0.215 e. The molecule has 0 radical (unpaired) electrons. The van der Waals surface area contributed by atoms with E-state index in [1.54, 1.807) is 25.3 Å². The number of aliphatic imine (C=N–C) groups is 1. The van der Waals surface area contributed by atoms with Crippen LogP contribution in [0.15, 0.2) is 16.6 Å². The Balaban J connectivity index is 2.43. The third-order valence-corrected chi connectivity index (χ3v) is 2.67. The van der Waals surface area contributed by atoms with E-state index in [1.165, 1.54) is 4.90 Å². The summed E-state index contributed by atoms with van der Waals surface area (Å²) in [6.45, 7) is 0. The third-order valence-electron chi connectivity index (χ3n) is 2.67. The monoisotopic (exact) mass is 198 g/mol. The molecule has 78 valence electrons. The van der Waals surface area contributed by atoms with Crippen LogP contribution in [0.4, 0.5) is 0 Å². The molecule has 2 atom stereocenters. The number of rotatable bonds is 0. The van der Waals surface area contributed by atoms with Crippen LogP contribution in [0, 0.1) is 0 Å². The van der Waals surface area contributed by atoms with Gasteiger partial charge in [0.2, 0.25) is 5.88 Å². The van der Waals surface area contributed by atoms with Crippen LogP contribution in [0.1, 0.15) is 0 Å². The molecule has 0 fully saturated rings. The number of aliphatic hydroxyl groups is 2. The van der Waals surface area contributed by atoms with Gasteiger partial charge in [-0.05, 0) is 7.05 Å². The second-order valence-electron chi connectivity index (χ2n) is 3.62. The number of nitrogens with zero attached hydrogens (tertiary/aromatic N) is 4. The van der Waals surface area contributed by atoms with Gasteiger partial charge >= 0.3 is 0 Å². The smallest absolute Gasteiger partial charge is 0.215 e. The van der Waals surface area contributed by atoms with Crippen molar-refractivity contribution in [3.05, 3.63) is 11.6 Å². The van der Waals surface area contributed by atoms with Crippen LogP contribution in [0.25, 0.3) is 0 Å². The van der Waals surface area contributed by atoms with Gasteiger partial charge in [-0.1, -0.05) is 0 Å². The van der Waals surface area contributed by atoms with Gasteiger partial charge in [0.05, 0.1) is 6.34 Å². The highest BCUT2D eigenvalue weighted by Crippen LogP contribution is 2.29. The highest BCUT2D eigenvalue weighted by molar-refractivity contribution is 5.62. The van der Waals surface area contributed by atoms with Crippen molar-refractivity contribution in [3.8, 4) is 0 Å². The minimum atomic E-state index is -0.826. The zero-order valence-electron chi connectivity index (χ0n) is 8.42. The molecule has 2 N–H and O–H groups in total. The summed E-state index contributed by atoms with van der Waals surface area (Å²) in [5.41, 5.74) is 0.572. The van der Waals surface area contributed by atoms with Crippen LogP contribution in [0.5, 0.6) is 0 Å². The van der Waals surface area contributed by atoms with E-state index >= 15 is 0 Å². The molecule has 6 heteroatoms. The number of aliphatic hydroxyl groups excluding tert-OH is 2. The lowest BCUT2D eigenvalue weighted by Crippen LogP contribution is -2.57. The largest absolute Gasteiger partial charge is 0.493 e. The van der Waals surface area contributed by atoms with Crippen LogP contribution in [-0.4, -0.2) is 64.9 Å². The molecule has 0 aromatic rings. The summed E-state index contributed by atoms with van der Waals surface area (Å²) < 4.78 is 0. The second-order valence-corrected chi connectivity index (χ2v) is 3.62. The Labute approximate surface area is 82.4 Å². The quantitative estimate of drug-likeness (QED) is 0.532. The van der Waals surface area contributed by atoms with E-state index in [-0.39, 0.29) is 12.0 Å². The number of hydrogen-bond donors (Lipinski definition) is 2. The summed E-state index contributed by atoms with van der Waals surface area (Å²) in [5.74, 6) is 0.0289. The molecule has 0 spiro atoms. The van der Waals surface area contributed by atoms with Gasteiger partial charge in [0.15, 0.2) is 6.35 Å². The zero-order valence-corrected chi connectivity index (χ0v) is 8.42. The fourth-order valence-corrected chi connectivity index (χ4v) is 1.82. The minimum Gasteiger partial charge on any atom is -0.493 e. The Morgan fingerprint density at radius 2 is 2.00 bits per heavy atom. The summed E-state index contributed by atoms with van der Waals surface area (Å²) in [4.78, 5) is 9.03. The summed E-state index contributed by atoms with van der Waals surface area (Å²) >= 11 is 0. The van der Waals surface area contributed by atoms with Crippen molar-refractivity contribution in [3.63, 3.8) is 0 Å². The molecule has 0 bridgehead atoms. The first kappa shape index (κ1) is 9.29. The van der Waals surface area contributed by atoms with Gasteiger partial charge in [0.1, 0.15) is 11.9 Å². The number of fused-ring (bicyclic) bond motifs is 1. The van der Waals surface area contributed by atoms with E-state index in [0.29, 0.717) is 5.70 Å². The highest BCUT2D eigenvalue weighted by atomic mass is 16.3. The molecule has 2 unspecified atom stereocenters. The standard InChI is InChI=1S/C8H14N4O2/c1-10-4-9-5-6(10)11(2)8(14)12(3)7(5)13/h4,6,8,13-14H,1-3H3. The summed E-state index contributed by atoms with van der Waals surface area (Å²) in [7, 11) is 5.25. The molecule has 2 rings (SSSR count). The van der Waals surface area contributed by atoms with Crippen molar-refractivity contribution in [2.75, 3.05) is 21.1 Å². The topological polar surface area (TPSA) is 62.5 Å². The summed E-state index contributed by atoms with van der Waals surface area (Å²) in [5, 5.41) is 19.5. The van der Waals surface area contributed by atoms with Gasteiger partial charge in [-0.3, -0.25) is 0 Å². The summed E-state index contributed by atoms with van der Waals surface area (Å²) in [6, 6.07) is 0. The molecule has 2 heterocycles. The van der Waals surface area contributed by atoms with E-state index in [0.717, 1.165) is 0 Å². The van der Waals surface area contributed by atoms with Crippen LogP contribution in [-0.2, 0) is 0 Å². The Morgan fingerprint density at radius 3 is 2.64 bits per heavy atom. The fraction of sp³-hybridized carbons (Fsp3) is 0.625. The highest BCUT2D eigenvalue weighted by Gasteiger charge is 2.40. The lowest BCUT2D eigenvalue weighted by atomic mass is 10.2. The van der Waals surface area contributed by atoms with Gasteiger partial charge in [0, 0.05) is 14.1 Å². The van der Waals surface area contributed by atoms with Crippen molar-refractivity contribution < 1.29 is 10.2 Å². The fourth-order valence-electron chi connectivity index (χ4n) is 1.82. The van der Waals surface area contributed by atoms with Gasteiger partial charge < -0.3 is 20.0 Å². The van der Waals surface area contributed by atoms with E-state index in [9.17, 15) is 10.2 Å². The predicted molar refractivity (Wildman–Crippen MR) is 51.2 cm³/mol. The average molecular weight is 198 g/mol. The maximum atomic E-state index is 9.76. The zero-order chi connectivity index (χ0) is 10.5. The third kappa shape index (κ3) is 1.01. The number of likely N-dealkylation sites (N-methyl/N-ethyl adjacent to an activating group) is 2. The Hall–Kier alpha value is -1.27. The first-order valence-corrected chi connectivity index (χ1v) is 4.36. The molecule has 2 aliphatic heterocycles. The van der Waals surface area contributed by atoms with E-state index in [2.05, 4.69) is 4.99 Å². The molecule has 0 aromatic carbocycles. The van der Waals surface area contributed by atoms with Crippen LogP contribution < -0.4 is 0 Å². The van der Waals surface area contributed by atoms with Crippen molar-refractivity contribution >= 4 is 6.34 Å². The van der Waals surface area contributed by atoms with Gasteiger partial charge in [-0.25, -0.2) is 9.89 Å². The normalized spacial score (nSPS) is 32.9. The van der Waals surface area contributed by atoms with E-state index in [1.807, 2.05) is 11.9 Å². The number of hydrogen-bond acceptors (Lipinski definition) is 6. The molecule has 0 saturated carbocycles. The molecule has 0 amide bonds. The molecule has 14 heavy (non-hydrogen) atoms. The lowest BCUT2D eigenvalue weighted by Gasteiger charge is -2.42. The van der Waals surface area contributed by atoms with Gasteiger partial charge in [0.25, 0.3) is 0 Å². The van der Waals surface area contributed by atoms with Crippen molar-refractivity contribution in [1.29, 1.82) is 0 Å². The maximum absolute atomic E-state index is 9.76. The summed E-state index contributed by atoms with van der Waals surface area (Å²) in [6.07, 6.45) is 0.632. The van der Waals surface area contributed by atoms with Gasteiger partial charge in [-0.2, -0.15) is 0 Å². The van der Waals surface area contributed by atoms with Gasteiger partial charge in [-0.15, -0.1) is 0 Å². The van der Waals surface area contributed by atoms with E-state index in [4.69, 9.17) is 0 Å². The molecule has 6 nitrogen and oxygen atoms in total. The Kier molecular flexibility index (Phi) is 1.90. The first-order chi connectivity index (χ1) is 6.54. The molecule has 0 aliphatic carbocycles. The average Bonchev–Trinajstić information content (AvgIpc) is 2.54. The van der Waals surface area contributed by atoms with Crippen molar-refractivity contribution in [2.24, 2.45) is 4.99 Å². The predicted octanol–water partition coefficient (Wildman–Crippen LogP) is -0.834. The SMILES string of the molecule is CN1C=NC2=C(O)N(C)C(O)N(C)C21. The Morgan fingerprint density at radius 1 is 1.36 bits per heavy atom. The molecule has 2 aliphatic rings. The van der Waals surface area contributed by atoms with Crippen LogP contribution in [0.3, 0.4) is 0 Å². The van der Waals surface area contributed by atoms with Crippen molar-refractivity contribution in [1.82, 2.24) is 14.7 Å². The first-order valence-electron chi connectivity index (χ1n) is 4.36. The molecular weight excluding hydrogens is 184 g/mol. The molecule has 0 saturated heterocycles. The van der Waals surface area contributed by atoms with Crippen molar-refractivity contribution in [2.45, 2.75) is 12.5 Å². The minimum absolute atomic E-state index is 0.0289. The molecular formula is C8H14N4O2. The van der Waals surface area contributed by atoms with E-state index < -0.39 is 6.35 Å². The van der Waals surface area contributed by atoms with Crippen LogP contribution in [0.2, 0.25) is 0 Å². The lowest BCUT2D eigenvalue weighted by molar-refractivity contribution is -0.131. The molecule has 0 aromatic heterocycles. The van der Waals surface area contributed by atoms with Crippen LogP contribution >= 0.6 is 0 Å².